The molecule has 0 bridgehead atoms. The van der Waals surface area contributed by atoms with Crippen LogP contribution in [0.1, 0.15) is 19.3 Å². The molecule has 4 rings (SSSR count). The van der Waals surface area contributed by atoms with Crippen molar-refractivity contribution in [1.29, 1.82) is 0 Å². The maximum atomic E-state index is 12.8. The fourth-order valence-electron chi connectivity index (χ4n) is 4.65. The van der Waals surface area contributed by atoms with Crippen LogP contribution in [0.4, 0.5) is 0 Å². The molecule has 1 aliphatic carbocycles. The maximum absolute atomic E-state index is 12.8. The Bertz CT molecular complexity index is 760. The number of rotatable bonds is 4. The minimum atomic E-state index is -0.423. The number of ether oxygens (including phenoxy) is 3. The summed E-state index contributed by atoms with van der Waals surface area (Å²) in [5.41, 5.74) is 2.32. The Morgan fingerprint density at radius 3 is 2.62 bits per heavy atom. The Hall–Kier alpha value is -2.16. The highest BCUT2D eigenvalue weighted by molar-refractivity contribution is 5.93. The summed E-state index contributed by atoms with van der Waals surface area (Å²) < 4.78 is 16.6. The predicted molar refractivity (Wildman–Crippen MR) is 106 cm³/mol. The molecule has 0 spiro atoms. The average Bonchev–Trinajstić information content (AvgIpc) is 3.09. The molecule has 3 atom stereocenters. The number of nitrogens with zero attached hydrogens (tertiary/aromatic N) is 2. The second-order valence-corrected chi connectivity index (χ2v) is 7.83. The average molecular weight is 403 g/mol. The zero-order valence-corrected chi connectivity index (χ0v) is 17.1. The highest BCUT2D eigenvalue weighted by atomic mass is 16.5. The Morgan fingerprint density at radius 1 is 1.24 bits per heavy atom. The van der Waals surface area contributed by atoms with Crippen LogP contribution in [0.15, 0.2) is 35.3 Å². The van der Waals surface area contributed by atoms with Crippen LogP contribution in [0.5, 0.6) is 0 Å². The number of piperazine rings is 1. The topological polar surface area (TPSA) is 80.3 Å². The van der Waals surface area contributed by atoms with Gasteiger partial charge in [-0.3, -0.25) is 14.5 Å². The smallest absolute Gasteiger partial charge is 0.251 e. The lowest BCUT2D eigenvalue weighted by molar-refractivity contribution is -0.148. The van der Waals surface area contributed by atoms with Gasteiger partial charge in [-0.2, -0.15) is 0 Å². The minimum Gasteiger partial charge on any atom is -0.498 e. The van der Waals surface area contributed by atoms with Crippen LogP contribution < -0.4 is 5.32 Å². The largest absolute Gasteiger partial charge is 0.498 e. The minimum absolute atomic E-state index is 0.0741. The first-order valence-corrected chi connectivity index (χ1v) is 10.2. The summed E-state index contributed by atoms with van der Waals surface area (Å²) in [6, 6.07) is -0.423. The number of amides is 2. The molecule has 3 aliphatic heterocycles. The molecular formula is C21H29N3O5. The lowest BCUT2D eigenvalue weighted by Gasteiger charge is -2.40. The molecule has 1 N–H and O–H groups in total. The quantitative estimate of drug-likeness (QED) is 0.739. The van der Waals surface area contributed by atoms with Crippen molar-refractivity contribution >= 4 is 11.8 Å². The molecule has 3 heterocycles. The lowest BCUT2D eigenvalue weighted by atomic mass is 9.89. The molecule has 29 heavy (non-hydrogen) atoms. The molecule has 2 fully saturated rings. The number of allylic oxidation sites excluding steroid dienone is 1. The van der Waals surface area contributed by atoms with Crippen molar-refractivity contribution in [2.24, 2.45) is 0 Å². The van der Waals surface area contributed by atoms with Crippen molar-refractivity contribution in [3.8, 4) is 0 Å². The standard InChI is InChI=1S/C21H29N3O5/c1-13-17-14(12-16(27-2)19(13)28-3)22-20(25)18(17)23-7-9-24(10-8-23)21(26)15-6-4-5-11-29-15/h12,15,18-19H,1,4-11H2,2-3H3,(H,22,25). The van der Waals surface area contributed by atoms with Crippen LogP contribution >= 0.6 is 0 Å². The fourth-order valence-corrected chi connectivity index (χ4v) is 4.65. The summed E-state index contributed by atoms with van der Waals surface area (Å²) in [6.07, 6.45) is 3.97. The number of carbonyl (C=O) groups excluding carboxylic acids is 2. The van der Waals surface area contributed by atoms with Crippen molar-refractivity contribution in [2.75, 3.05) is 47.0 Å². The van der Waals surface area contributed by atoms with Crippen LogP contribution in [0.25, 0.3) is 0 Å². The Balaban J connectivity index is 1.46. The molecule has 0 aromatic heterocycles. The number of carbonyl (C=O) groups is 2. The first-order valence-electron chi connectivity index (χ1n) is 10.2. The highest BCUT2D eigenvalue weighted by Crippen LogP contribution is 2.37. The monoisotopic (exact) mass is 403 g/mol. The van der Waals surface area contributed by atoms with Crippen molar-refractivity contribution in [3.63, 3.8) is 0 Å². The second kappa shape index (κ2) is 8.30. The molecule has 0 aromatic rings. The van der Waals surface area contributed by atoms with Crippen molar-refractivity contribution in [3.05, 3.63) is 35.3 Å². The van der Waals surface area contributed by atoms with Gasteiger partial charge in [0.05, 0.1) is 7.11 Å². The Labute approximate surface area is 171 Å². The molecule has 0 aromatic carbocycles. The summed E-state index contributed by atoms with van der Waals surface area (Å²) in [6.45, 7) is 7.27. The SMILES string of the molecule is C=C1C2=C(C=C(OC)C1OC)NC(=O)C2N1CCN(C(=O)C2CCCCO2)CC1. The molecule has 158 valence electrons. The van der Waals surface area contributed by atoms with E-state index in [1.54, 1.807) is 14.2 Å². The van der Waals surface area contributed by atoms with Crippen molar-refractivity contribution < 1.29 is 23.8 Å². The van der Waals surface area contributed by atoms with Gasteiger partial charge in [-0.25, -0.2) is 0 Å². The van der Waals surface area contributed by atoms with Gasteiger partial charge in [0.25, 0.3) is 5.91 Å². The summed E-state index contributed by atoms with van der Waals surface area (Å²) in [5, 5.41) is 2.95. The number of hydrogen-bond donors (Lipinski definition) is 1. The van der Waals surface area contributed by atoms with Gasteiger partial charge in [-0.1, -0.05) is 6.58 Å². The first kappa shape index (κ1) is 20.1. The molecule has 8 nitrogen and oxygen atoms in total. The normalized spacial score (nSPS) is 30.8. The van der Waals surface area contributed by atoms with Crippen LogP contribution in [-0.2, 0) is 23.8 Å². The Morgan fingerprint density at radius 2 is 2.00 bits per heavy atom. The van der Waals surface area contributed by atoms with E-state index in [2.05, 4.69) is 16.8 Å². The predicted octanol–water partition coefficient (Wildman–Crippen LogP) is 0.567. The summed E-state index contributed by atoms with van der Waals surface area (Å²) in [5.74, 6) is 0.629. The van der Waals surface area contributed by atoms with Gasteiger partial charge >= 0.3 is 0 Å². The molecule has 2 amide bonds. The zero-order chi connectivity index (χ0) is 20.5. The number of nitrogens with one attached hydrogen (secondary N) is 1. The molecule has 3 unspecified atom stereocenters. The molecule has 0 saturated carbocycles. The molecule has 8 heteroatoms. The van der Waals surface area contributed by atoms with E-state index in [4.69, 9.17) is 14.2 Å². The molecular weight excluding hydrogens is 374 g/mol. The lowest BCUT2D eigenvalue weighted by Crippen LogP contribution is -2.56. The fraction of sp³-hybridized carbons (Fsp3) is 0.619. The summed E-state index contributed by atoms with van der Waals surface area (Å²) >= 11 is 0. The van der Waals surface area contributed by atoms with Gasteiger partial charge in [0.2, 0.25) is 5.91 Å². The van der Waals surface area contributed by atoms with Crippen LogP contribution in [-0.4, -0.2) is 86.9 Å². The number of methoxy groups -OCH3 is 2. The van der Waals surface area contributed by atoms with E-state index in [1.165, 1.54) is 0 Å². The van der Waals surface area contributed by atoms with E-state index in [0.29, 0.717) is 38.5 Å². The Kier molecular flexibility index (Phi) is 5.76. The molecule has 4 aliphatic rings. The van der Waals surface area contributed by atoms with Gasteiger partial charge in [-0.05, 0) is 24.8 Å². The second-order valence-electron chi connectivity index (χ2n) is 7.83. The van der Waals surface area contributed by atoms with E-state index in [-0.39, 0.29) is 17.9 Å². The van der Waals surface area contributed by atoms with E-state index < -0.39 is 12.1 Å². The zero-order valence-electron chi connectivity index (χ0n) is 17.1. The summed E-state index contributed by atoms with van der Waals surface area (Å²) in [7, 11) is 3.18. The van der Waals surface area contributed by atoms with Crippen LogP contribution in [0.2, 0.25) is 0 Å². The van der Waals surface area contributed by atoms with E-state index in [9.17, 15) is 9.59 Å². The van der Waals surface area contributed by atoms with Crippen molar-refractivity contribution in [1.82, 2.24) is 15.1 Å². The van der Waals surface area contributed by atoms with E-state index >= 15 is 0 Å². The van der Waals surface area contributed by atoms with Crippen LogP contribution in [0.3, 0.4) is 0 Å². The third kappa shape index (κ3) is 3.60. The van der Waals surface area contributed by atoms with Crippen LogP contribution in [0, 0.1) is 0 Å². The molecule has 0 radical (unpaired) electrons. The van der Waals surface area contributed by atoms with Gasteiger partial charge in [0, 0.05) is 57.2 Å². The van der Waals surface area contributed by atoms with E-state index in [0.717, 1.165) is 36.1 Å². The summed E-state index contributed by atoms with van der Waals surface area (Å²) in [4.78, 5) is 29.5. The third-order valence-electron chi connectivity index (χ3n) is 6.19. The van der Waals surface area contributed by atoms with E-state index in [1.807, 2.05) is 11.0 Å². The van der Waals surface area contributed by atoms with Gasteiger partial charge in [-0.15, -0.1) is 0 Å². The van der Waals surface area contributed by atoms with Crippen molar-refractivity contribution in [2.45, 2.75) is 37.5 Å². The molecule has 2 saturated heterocycles. The van der Waals surface area contributed by atoms with Gasteiger partial charge in [0.1, 0.15) is 24.0 Å². The first-order chi connectivity index (χ1) is 14.0. The third-order valence-corrected chi connectivity index (χ3v) is 6.19. The highest BCUT2D eigenvalue weighted by Gasteiger charge is 2.44. The van der Waals surface area contributed by atoms with Gasteiger partial charge in [0.15, 0.2) is 0 Å². The number of hydrogen-bond acceptors (Lipinski definition) is 6. The maximum Gasteiger partial charge on any atom is 0.251 e. The van der Waals surface area contributed by atoms with Gasteiger partial charge < -0.3 is 24.4 Å².